The molecule has 112 valence electrons. The minimum absolute atomic E-state index is 0.106. The number of likely N-dealkylation sites (N-methyl/N-ethyl adjacent to an activating group) is 1. The van der Waals surface area contributed by atoms with E-state index >= 15 is 0 Å². The molecule has 2 amide bonds. The number of carbonyl (C=O) groups is 2. The molecule has 6 heteroatoms. The number of furan rings is 1. The molecule has 2 aromatic heterocycles. The van der Waals surface area contributed by atoms with Crippen LogP contribution in [-0.4, -0.2) is 29.3 Å². The summed E-state index contributed by atoms with van der Waals surface area (Å²) >= 11 is 1.61. The predicted octanol–water partition coefficient (Wildman–Crippen LogP) is 2.51. The van der Waals surface area contributed by atoms with Crippen LogP contribution in [0.15, 0.2) is 40.3 Å². The molecular weight excluding hydrogens is 288 g/mol. The van der Waals surface area contributed by atoms with E-state index in [1.807, 2.05) is 24.4 Å². The predicted molar refractivity (Wildman–Crippen MR) is 81.0 cm³/mol. The summed E-state index contributed by atoms with van der Waals surface area (Å²) in [5.74, 6) is -0.283. The van der Waals surface area contributed by atoms with E-state index < -0.39 is 6.04 Å². The third-order valence-electron chi connectivity index (χ3n) is 3.08. The van der Waals surface area contributed by atoms with Crippen molar-refractivity contribution in [1.82, 2.24) is 10.2 Å². The third-order valence-corrected chi connectivity index (χ3v) is 3.94. The fourth-order valence-corrected chi connectivity index (χ4v) is 2.67. The van der Waals surface area contributed by atoms with Crippen LogP contribution in [0.4, 0.5) is 0 Å². The third kappa shape index (κ3) is 3.95. The van der Waals surface area contributed by atoms with Crippen molar-refractivity contribution in [2.45, 2.75) is 26.4 Å². The first kappa shape index (κ1) is 15.3. The molecular formula is C15H18N2O3S. The fourth-order valence-electron chi connectivity index (χ4n) is 1.95. The molecule has 2 aromatic rings. The first-order valence-electron chi connectivity index (χ1n) is 6.77. The normalized spacial score (nSPS) is 11.9. The van der Waals surface area contributed by atoms with Gasteiger partial charge in [0, 0.05) is 11.4 Å². The molecule has 1 atom stereocenters. The molecule has 0 aromatic carbocycles. The van der Waals surface area contributed by atoms with Gasteiger partial charge in [-0.05, 0) is 37.4 Å². The zero-order valence-corrected chi connectivity index (χ0v) is 12.9. The van der Waals surface area contributed by atoms with Crippen molar-refractivity contribution < 1.29 is 14.0 Å². The average Bonchev–Trinajstić information content (AvgIpc) is 3.16. The van der Waals surface area contributed by atoms with Crippen molar-refractivity contribution >= 4 is 23.2 Å². The molecule has 0 aliphatic carbocycles. The number of nitrogens with zero attached hydrogens (tertiary/aromatic N) is 1. The Labute approximate surface area is 127 Å². The average molecular weight is 306 g/mol. The Kier molecular flexibility index (Phi) is 5.16. The Hall–Kier alpha value is -2.08. The Morgan fingerprint density at radius 1 is 1.38 bits per heavy atom. The molecule has 0 spiro atoms. The van der Waals surface area contributed by atoms with Gasteiger partial charge in [-0.25, -0.2) is 0 Å². The van der Waals surface area contributed by atoms with Crippen LogP contribution in [0.1, 0.15) is 29.3 Å². The van der Waals surface area contributed by atoms with Gasteiger partial charge < -0.3 is 14.6 Å². The van der Waals surface area contributed by atoms with Crippen molar-refractivity contribution in [3.63, 3.8) is 0 Å². The lowest BCUT2D eigenvalue weighted by Crippen LogP contribution is -2.46. The number of hydrogen-bond acceptors (Lipinski definition) is 4. The summed E-state index contributed by atoms with van der Waals surface area (Å²) in [6.07, 6.45) is 1.43. The number of carbonyl (C=O) groups excluding carboxylic acids is 2. The summed E-state index contributed by atoms with van der Waals surface area (Å²) in [7, 11) is 0. The molecule has 5 nitrogen and oxygen atoms in total. The van der Waals surface area contributed by atoms with Crippen LogP contribution in [0, 0.1) is 0 Å². The molecule has 0 aliphatic rings. The second-order valence-corrected chi connectivity index (χ2v) is 5.64. The van der Waals surface area contributed by atoms with Gasteiger partial charge in [-0.15, -0.1) is 11.3 Å². The summed E-state index contributed by atoms with van der Waals surface area (Å²) in [5, 5.41) is 4.64. The zero-order valence-electron chi connectivity index (χ0n) is 12.0. The topological polar surface area (TPSA) is 62.6 Å². The maximum absolute atomic E-state index is 12.4. The van der Waals surface area contributed by atoms with Crippen molar-refractivity contribution in [2.75, 3.05) is 6.54 Å². The molecule has 2 rings (SSSR count). The molecule has 0 aliphatic heterocycles. The van der Waals surface area contributed by atoms with E-state index in [1.165, 1.54) is 6.26 Å². The van der Waals surface area contributed by atoms with Gasteiger partial charge in [0.25, 0.3) is 5.91 Å². The summed E-state index contributed by atoms with van der Waals surface area (Å²) in [6.45, 7) is 4.76. The Balaban J connectivity index is 1.95. The molecule has 2 heterocycles. The number of amides is 2. The van der Waals surface area contributed by atoms with Crippen LogP contribution in [0.5, 0.6) is 0 Å². The van der Waals surface area contributed by atoms with Crippen LogP contribution in [0.3, 0.4) is 0 Å². The van der Waals surface area contributed by atoms with Crippen molar-refractivity contribution in [3.05, 3.63) is 46.5 Å². The second-order valence-electron chi connectivity index (χ2n) is 4.60. The largest absolute Gasteiger partial charge is 0.459 e. The van der Waals surface area contributed by atoms with Gasteiger partial charge in [-0.3, -0.25) is 9.59 Å². The van der Waals surface area contributed by atoms with Gasteiger partial charge in [0.1, 0.15) is 6.04 Å². The van der Waals surface area contributed by atoms with E-state index in [0.717, 1.165) is 4.88 Å². The molecule has 0 fully saturated rings. The molecule has 1 N–H and O–H groups in total. The lowest BCUT2D eigenvalue weighted by Gasteiger charge is -2.24. The highest BCUT2D eigenvalue weighted by molar-refractivity contribution is 7.09. The van der Waals surface area contributed by atoms with Crippen molar-refractivity contribution in [2.24, 2.45) is 0 Å². The number of nitrogens with one attached hydrogen (secondary N) is 1. The first-order chi connectivity index (χ1) is 10.1. The van der Waals surface area contributed by atoms with Crippen molar-refractivity contribution in [3.8, 4) is 0 Å². The van der Waals surface area contributed by atoms with Crippen LogP contribution in [-0.2, 0) is 11.3 Å². The maximum atomic E-state index is 12.4. The summed E-state index contributed by atoms with van der Waals surface area (Å²) in [4.78, 5) is 27.1. The number of thiophene rings is 1. The number of rotatable bonds is 6. The summed E-state index contributed by atoms with van der Waals surface area (Å²) < 4.78 is 5.01. The van der Waals surface area contributed by atoms with Gasteiger partial charge in [0.05, 0.1) is 12.8 Å². The van der Waals surface area contributed by atoms with Crippen LogP contribution < -0.4 is 5.32 Å². The van der Waals surface area contributed by atoms with Gasteiger partial charge >= 0.3 is 0 Å². The van der Waals surface area contributed by atoms with E-state index in [9.17, 15) is 9.59 Å². The lowest BCUT2D eigenvalue weighted by atomic mass is 10.2. The fraction of sp³-hybridized carbons (Fsp3) is 0.333. The minimum Gasteiger partial charge on any atom is -0.459 e. The highest BCUT2D eigenvalue weighted by Crippen LogP contribution is 2.12. The van der Waals surface area contributed by atoms with E-state index in [4.69, 9.17) is 4.42 Å². The quantitative estimate of drug-likeness (QED) is 0.892. The van der Waals surface area contributed by atoms with Gasteiger partial charge in [-0.1, -0.05) is 6.07 Å². The highest BCUT2D eigenvalue weighted by Gasteiger charge is 2.22. The monoisotopic (exact) mass is 306 g/mol. The van der Waals surface area contributed by atoms with Gasteiger partial charge in [-0.2, -0.15) is 0 Å². The van der Waals surface area contributed by atoms with Gasteiger partial charge in [0.2, 0.25) is 5.91 Å². The SMILES string of the molecule is CCN(Cc1cccs1)C(=O)C(C)NC(=O)c1ccco1. The summed E-state index contributed by atoms with van der Waals surface area (Å²) in [6, 6.07) is 6.56. The van der Waals surface area contributed by atoms with Gasteiger partial charge in [0.15, 0.2) is 5.76 Å². The van der Waals surface area contributed by atoms with E-state index in [0.29, 0.717) is 13.1 Å². The van der Waals surface area contributed by atoms with Crippen LogP contribution in [0.2, 0.25) is 0 Å². The molecule has 0 saturated carbocycles. The molecule has 1 unspecified atom stereocenters. The van der Waals surface area contributed by atoms with E-state index in [-0.39, 0.29) is 17.6 Å². The Bertz CT molecular complexity index is 578. The zero-order chi connectivity index (χ0) is 15.2. The van der Waals surface area contributed by atoms with Crippen molar-refractivity contribution in [1.29, 1.82) is 0 Å². The maximum Gasteiger partial charge on any atom is 0.287 e. The smallest absolute Gasteiger partial charge is 0.287 e. The molecule has 21 heavy (non-hydrogen) atoms. The molecule has 0 bridgehead atoms. The van der Waals surface area contributed by atoms with E-state index in [1.54, 1.807) is 35.3 Å². The standard InChI is InChI=1S/C15H18N2O3S/c1-3-17(10-12-6-5-9-21-12)15(19)11(2)16-14(18)13-7-4-8-20-13/h4-9,11H,3,10H2,1-2H3,(H,16,18). The lowest BCUT2D eigenvalue weighted by molar-refractivity contribution is -0.133. The Morgan fingerprint density at radius 3 is 2.76 bits per heavy atom. The van der Waals surface area contributed by atoms with Crippen LogP contribution in [0.25, 0.3) is 0 Å². The second kappa shape index (κ2) is 7.08. The van der Waals surface area contributed by atoms with Crippen LogP contribution >= 0.6 is 11.3 Å². The highest BCUT2D eigenvalue weighted by atomic mass is 32.1. The Morgan fingerprint density at radius 2 is 2.19 bits per heavy atom. The number of hydrogen-bond donors (Lipinski definition) is 1. The van der Waals surface area contributed by atoms with E-state index in [2.05, 4.69) is 5.32 Å². The first-order valence-corrected chi connectivity index (χ1v) is 7.65. The summed E-state index contributed by atoms with van der Waals surface area (Å²) in [5.41, 5.74) is 0. The molecule has 0 radical (unpaired) electrons. The molecule has 0 saturated heterocycles. The minimum atomic E-state index is -0.595.